The number of carboxylic acids is 1. The minimum atomic E-state index is -0.846. The summed E-state index contributed by atoms with van der Waals surface area (Å²) in [6, 6.07) is 8.91. The summed E-state index contributed by atoms with van der Waals surface area (Å²) in [7, 11) is 0. The van der Waals surface area contributed by atoms with E-state index in [4.69, 9.17) is 5.11 Å². The molecule has 2 saturated carbocycles. The maximum Gasteiger partial charge on any atom is 0.335 e. The summed E-state index contributed by atoms with van der Waals surface area (Å²) < 4.78 is 0. The fourth-order valence-electron chi connectivity index (χ4n) is 2.96. The number of hydrogen-bond donors (Lipinski definition) is 1. The highest BCUT2D eigenvalue weighted by atomic mass is 16.4. The predicted octanol–water partition coefficient (Wildman–Crippen LogP) is 3.29. The van der Waals surface area contributed by atoms with Gasteiger partial charge in [0.05, 0.1) is 5.56 Å². The van der Waals surface area contributed by atoms with Crippen molar-refractivity contribution in [3.05, 3.63) is 35.4 Å². The Bertz CT molecular complexity index is 432. The molecule has 0 spiro atoms. The molecule has 2 aliphatic carbocycles. The van der Waals surface area contributed by atoms with Crippen molar-refractivity contribution in [3.63, 3.8) is 0 Å². The van der Waals surface area contributed by atoms with Crippen molar-refractivity contribution in [2.75, 3.05) is 0 Å². The van der Waals surface area contributed by atoms with E-state index in [1.807, 2.05) is 12.1 Å². The van der Waals surface area contributed by atoms with E-state index in [0.29, 0.717) is 5.56 Å². The fourth-order valence-corrected chi connectivity index (χ4v) is 2.96. The molecule has 3 rings (SSSR count). The number of benzene rings is 1. The van der Waals surface area contributed by atoms with E-state index in [2.05, 4.69) is 4.90 Å². The average molecular weight is 259 g/mol. The lowest BCUT2D eigenvalue weighted by molar-refractivity contribution is 0.0332. The van der Waals surface area contributed by atoms with Gasteiger partial charge in [-0.15, -0.1) is 0 Å². The molecule has 19 heavy (non-hydrogen) atoms. The second-order valence-electron chi connectivity index (χ2n) is 5.84. The molecule has 0 aliphatic heterocycles. The molecule has 102 valence electrons. The molecule has 0 bridgehead atoms. The van der Waals surface area contributed by atoms with Crippen LogP contribution < -0.4 is 0 Å². The Morgan fingerprint density at radius 2 is 1.58 bits per heavy atom. The van der Waals surface area contributed by atoms with E-state index in [9.17, 15) is 4.79 Å². The maximum atomic E-state index is 10.9. The van der Waals surface area contributed by atoms with Gasteiger partial charge in [0.15, 0.2) is 0 Å². The summed E-state index contributed by atoms with van der Waals surface area (Å²) >= 11 is 0. The first kappa shape index (κ1) is 12.7. The average Bonchev–Trinajstić information content (AvgIpc) is 2.25. The van der Waals surface area contributed by atoms with Crippen LogP contribution in [0, 0.1) is 0 Å². The molecule has 0 radical (unpaired) electrons. The van der Waals surface area contributed by atoms with Crippen LogP contribution in [-0.4, -0.2) is 28.1 Å². The van der Waals surface area contributed by atoms with Crippen molar-refractivity contribution >= 4 is 5.97 Å². The first-order valence-corrected chi connectivity index (χ1v) is 7.32. The third-order valence-electron chi connectivity index (χ3n) is 4.65. The quantitative estimate of drug-likeness (QED) is 0.882. The second kappa shape index (κ2) is 5.33. The van der Waals surface area contributed by atoms with Gasteiger partial charge in [0.1, 0.15) is 0 Å². The summed E-state index contributed by atoms with van der Waals surface area (Å²) in [5, 5.41) is 8.92. The summed E-state index contributed by atoms with van der Waals surface area (Å²) in [6.45, 7) is 0.981. The number of carbonyl (C=O) groups is 1. The first-order chi connectivity index (χ1) is 9.24. The highest BCUT2D eigenvalue weighted by Gasteiger charge is 2.33. The van der Waals surface area contributed by atoms with Crippen molar-refractivity contribution in [2.45, 2.75) is 57.2 Å². The number of nitrogens with zero attached hydrogens (tertiary/aromatic N) is 1. The molecule has 3 heteroatoms. The van der Waals surface area contributed by atoms with Crippen LogP contribution in [0.15, 0.2) is 24.3 Å². The molecule has 0 amide bonds. The summed E-state index contributed by atoms with van der Waals surface area (Å²) in [5.41, 5.74) is 1.62. The largest absolute Gasteiger partial charge is 0.478 e. The Hall–Kier alpha value is -1.35. The molecule has 2 aliphatic rings. The van der Waals surface area contributed by atoms with E-state index >= 15 is 0 Å². The zero-order chi connectivity index (χ0) is 13.2. The van der Waals surface area contributed by atoms with Gasteiger partial charge in [-0.2, -0.15) is 0 Å². The number of aromatic carboxylic acids is 1. The number of rotatable bonds is 5. The third-order valence-corrected chi connectivity index (χ3v) is 4.65. The lowest BCUT2D eigenvalue weighted by atomic mass is 9.84. The summed E-state index contributed by atoms with van der Waals surface area (Å²) in [5.74, 6) is -0.846. The van der Waals surface area contributed by atoms with Crippen LogP contribution in [-0.2, 0) is 6.54 Å². The van der Waals surface area contributed by atoms with Crippen molar-refractivity contribution in [3.8, 4) is 0 Å². The molecule has 3 nitrogen and oxygen atoms in total. The molecule has 0 atom stereocenters. The topological polar surface area (TPSA) is 40.5 Å². The monoisotopic (exact) mass is 259 g/mol. The smallest absolute Gasteiger partial charge is 0.335 e. The molecule has 1 N–H and O–H groups in total. The highest BCUT2D eigenvalue weighted by molar-refractivity contribution is 5.87. The van der Waals surface area contributed by atoms with E-state index in [-0.39, 0.29) is 0 Å². The molecule has 1 aromatic carbocycles. The molecule has 0 aromatic heterocycles. The zero-order valence-corrected chi connectivity index (χ0v) is 11.2. The Kier molecular flexibility index (Phi) is 3.56. The van der Waals surface area contributed by atoms with Crippen LogP contribution in [0.3, 0.4) is 0 Å². The lowest BCUT2D eigenvalue weighted by Crippen LogP contribution is -2.48. The minimum absolute atomic E-state index is 0.377. The Labute approximate surface area is 114 Å². The SMILES string of the molecule is O=C(O)c1ccc(CN(C2CCC2)C2CCC2)cc1. The molecular weight excluding hydrogens is 238 g/mol. The van der Waals surface area contributed by atoms with Gasteiger partial charge < -0.3 is 5.11 Å². The normalized spacial score (nSPS) is 20.1. The van der Waals surface area contributed by atoms with Gasteiger partial charge in [-0.1, -0.05) is 25.0 Å². The lowest BCUT2D eigenvalue weighted by Gasteiger charge is -2.46. The highest BCUT2D eigenvalue weighted by Crippen LogP contribution is 2.34. The van der Waals surface area contributed by atoms with E-state index in [0.717, 1.165) is 18.6 Å². The van der Waals surface area contributed by atoms with Gasteiger partial charge in [-0.25, -0.2) is 4.79 Å². The van der Waals surface area contributed by atoms with E-state index < -0.39 is 5.97 Å². The van der Waals surface area contributed by atoms with Gasteiger partial charge in [-0.05, 0) is 43.4 Å². The minimum Gasteiger partial charge on any atom is -0.478 e. The standard InChI is InChI=1S/C16H21NO2/c18-16(19)13-9-7-12(8-10-13)11-17(14-3-1-4-14)15-5-2-6-15/h7-10,14-15H,1-6,11H2,(H,18,19). The van der Waals surface area contributed by atoms with E-state index in [1.54, 1.807) is 12.1 Å². The fraction of sp³-hybridized carbons (Fsp3) is 0.562. The Morgan fingerprint density at radius 3 is 1.95 bits per heavy atom. The summed E-state index contributed by atoms with van der Waals surface area (Å²) in [6.07, 6.45) is 8.08. The molecular formula is C16H21NO2. The van der Waals surface area contributed by atoms with Gasteiger partial charge in [0.2, 0.25) is 0 Å². The second-order valence-corrected chi connectivity index (χ2v) is 5.84. The predicted molar refractivity (Wildman–Crippen MR) is 74.2 cm³/mol. The van der Waals surface area contributed by atoms with Crippen LogP contribution >= 0.6 is 0 Å². The number of carboxylic acid groups (broad SMARTS) is 1. The Morgan fingerprint density at radius 1 is 1.05 bits per heavy atom. The van der Waals surface area contributed by atoms with Crippen molar-refractivity contribution < 1.29 is 9.90 Å². The maximum absolute atomic E-state index is 10.9. The molecule has 0 unspecified atom stereocenters. The van der Waals surface area contributed by atoms with Crippen LogP contribution in [0.1, 0.15) is 54.4 Å². The van der Waals surface area contributed by atoms with Crippen molar-refractivity contribution in [1.82, 2.24) is 4.90 Å². The summed E-state index contributed by atoms with van der Waals surface area (Å²) in [4.78, 5) is 13.5. The van der Waals surface area contributed by atoms with Crippen LogP contribution in [0.5, 0.6) is 0 Å². The Balaban J connectivity index is 1.68. The number of hydrogen-bond acceptors (Lipinski definition) is 2. The van der Waals surface area contributed by atoms with Crippen LogP contribution in [0.4, 0.5) is 0 Å². The van der Waals surface area contributed by atoms with Crippen LogP contribution in [0.2, 0.25) is 0 Å². The molecule has 2 fully saturated rings. The van der Waals surface area contributed by atoms with Crippen molar-refractivity contribution in [2.24, 2.45) is 0 Å². The van der Waals surface area contributed by atoms with Gasteiger partial charge in [-0.3, -0.25) is 4.90 Å². The van der Waals surface area contributed by atoms with Gasteiger partial charge in [0.25, 0.3) is 0 Å². The zero-order valence-electron chi connectivity index (χ0n) is 11.2. The third kappa shape index (κ3) is 2.66. The van der Waals surface area contributed by atoms with Crippen LogP contribution in [0.25, 0.3) is 0 Å². The molecule has 1 aromatic rings. The van der Waals surface area contributed by atoms with E-state index in [1.165, 1.54) is 44.1 Å². The first-order valence-electron chi connectivity index (χ1n) is 7.32. The molecule has 0 saturated heterocycles. The van der Waals surface area contributed by atoms with Gasteiger partial charge in [0, 0.05) is 18.6 Å². The van der Waals surface area contributed by atoms with Gasteiger partial charge >= 0.3 is 5.97 Å². The molecule has 0 heterocycles. The van der Waals surface area contributed by atoms with Crippen molar-refractivity contribution in [1.29, 1.82) is 0 Å².